The van der Waals surface area contributed by atoms with Gasteiger partial charge in [-0.25, -0.2) is 13.6 Å². The molecule has 0 saturated heterocycles. The molecule has 0 bridgehead atoms. The second-order valence-corrected chi connectivity index (χ2v) is 5.95. The molecule has 0 rings (SSSR count). The Kier molecular flexibility index (Phi) is 5.23. The molecule has 90 valence electrons. The minimum Gasteiger partial charge on any atom is -0.356 e. The van der Waals surface area contributed by atoms with E-state index in [1.807, 2.05) is 20.8 Å². The SMILES string of the molecule is CCC(C)(C)C(=O)NCCCS(N)(=O)=O. The zero-order valence-electron chi connectivity index (χ0n) is 9.54. The number of nitrogens with one attached hydrogen (secondary N) is 1. The maximum absolute atomic E-state index is 11.5. The molecule has 0 aliphatic heterocycles. The first-order chi connectivity index (χ1) is 6.69. The predicted octanol–water partition coefficient (Wildman–Crippen LogP) is 0.217. The van der Waals surface area contributed by atoms with Crippen molar-refractivity contribution >= 4 is 15.9 Å². The topological polar surface area (TPSA) is 89.3 Å². The van der Waals surface area contributed by atoms with Crippen molar-refractivity contribution in [2.45, 2.75) is 33.6 Å². The first-order valence-corrected chi connectivity index (χ1v) is 6.69. The summed E-state index contributed by atoms with van der Waals surface area (Å²) < 4.78 is 21.2. The highest BCUT2D eigenvalue weighted by molar-refractivity contribution is 7.89. The largest absolute Gasteiger partial charge is 0.356 e. The molecule has 6 heteroatoms. The number of amides is 1. The summed E-state index contributed by atoms with van der Waals surface area (Å²) in [4.78, 5) is 11.5. The van der Waals surface area contributed by atoms with Crippen LogP contribution >= 0.6 is 0 Å². The minimum atomic E-state index is -3.41. The van der Waals surface area contributed by atoms with Crippen molar-refractivity contribution in [2.24, 2.45) is 10.6 Å². The van der Waals surface area contributed by atoms with Crippen molar-refractivity contribution < 1.29 is 13.2 Å². The lowest BCUT2D eigenvalue weighted by Gasteiger charge is -2.21. The molecule has 0 aliphatic carbocycles. The summed E-state index contributed by atoms with van der Waals surface area (Å²) in [6.07, 6.45) is 1.10. The third-order valence-electron chi connectivity index (χ3n) is 2.39. The number of sulfonamides is 1. The summed E-state index contributed by atoms with van der Waals surface area (Å²) >= 11 is 0. The highest BCUT2D eigenvalue weighted by Gasteiger charge is 2.24. The Balaban J connectivity index is 3.84. The third-order valence-corrected chi connectivity index (χ3v) is 3.25. The molecule has 0 aromatic rings. The number of carbonyl (C=O) groups excluding carboxylic acids is 1. The van der Waals surface area contributed by atoms with Gasteiger partial charge in [-0.05, 0) is 12.8 Å². The lowest BCUT2D eigenvalue weighted by Crippen LogP contribution is -2.37. The molecule has 0 heterocycles. The number of nitrogens with two attached hydrogens (primary N) is 1. The van der Waals surface area contributed by atoms with Crippen LogP contribution in [0.3, 0.4) is 0 Å². The van der Waals surface area contributed by atoms with Crippen molar-refractivity contribution in [3.05, 3.63) is 0 Å². The average molecular weight is 236 g/mol. The van der Waals surface area contributed by atoms with Gasteiger partial charge < -0.3 is 5.32 Å². The molecule has 0 saturated carbocycles. The fourth-order valence-corrected chi connectivity index (χ4v) is 1.42. The maximum atomic E-state index is 11.5. The van der Waals surface area contributed by atoms with Crippen molar-refractivity contribution in [1.29, 1.82) is 0 Å². The van der Waals surface area contributed by atoms with Gasteiger partial charge in [-0.3, -0.25) is 4.79 Å². The van der Waals surface area contributed by atoms with Crippen LogP contribution in [0.25, 0.3) is 0 Å². The Morgan fingerprint density at radius 3 is 2.33 bits per heavy atom. The predicted molar refractivity (Wildman–Crippen MR) is 59.7 cm³/mol. The van der Waals surface area contributed by atoms with Crippen LogP contribution in [0.2, 0.25) is 0 Å². The molecule has 0 aromatic heterocycles. The van der Waals surface area contributed by atoms with Gasteiger partial charge in [0, 0.05) is 12.0 Å². The molecular weight excluding hydrogens is 216 g/mol. The fourth-order valence-electron chi connectivity index (χ4n) is 0.875. The van der Waals surface area contributed by atoms with E-state index in [4.69, 9.17) is 5.14 Å². The van der Waals surface area contributed by atoms with E-state index in [1.165, 1.54) is 0 Å². The van der Waals surface area contributed by atoms with E-state index in [9.17, 15) is 13.2 Å². The van der Waals surface area contributed by atoms with Gasteiger partial charge in [0.05, 0.1) is 5.75 Å². The quantitative estimate of drug-likeness (QED) is 0.646. The van der Waals surface area contributed by atoms with Crippen molar-refractivity contribution in [3.8, 4) is 0 Å². The zero-order chi connectivity index (χ0) is 12.1. The number of hydrogen-bond donors (Lipinski definition) is 2. The Hall–Kier alpha value is -0.620. The van der Waals surface area contributed by atoms with Crippen LogP contribution in [-0.4, -0.2) is 26.6 Å². The molecule has 0 aliphatic rings. The van der Waals surface area contributed by atoms with Crippen LogP contribution in [-0.2, 0) is 14.8 Å². The second kappa shape index (κ2) is 5.46. The monoisotopic (exact) mass is 236 g/mol. The summed E-state index contributed by atoms with van der Waals surface area (Å²) in [7, 11) is -3.41. The van der Waals surface area contributed by atoms with E-state index in [-0.39, 0.29) is 11.7 Å². The summed E-state index contributed by atoms with van der Waals surface area (Å²) in [5.41, 5.74) is -0.401. The Morgan fingerprint density at radius 2 is 1.93 bits per heavy atom. The van der Waals surface area contributed by atoms with E-state index < -0.39 is 15.4 Å². The van der Waals surface area contributed by atoms with Crippen molar-refractivity contribution in [2.75, 3.05) is 12.3 Å². The minimum absolute atomic E-state index is 0.0561. The lowest BCUT2D eigenvalue weighted by molar-refractivity contribution is -0.129. The zero-order valence-corrected chi connectivity index (χ0v) is 10.4. The Bertz CT molecular complexity index is 309. The van der Waals surface area contributed by atoms with Gasteiger partial charge in [-0.2, -0.15) is 0 Å². The highest BCUT2D eigenvalue weighted by Crippen LogP contribution is 2.19. The van der Waals surface area contributed by atoms with E-state index in [0.717, 1.165) is 6.42 Å². The standard InChI is InChI=1S/C9H20N2O3S/c1-4-9(2,3)8(12)11-6-5-7-15(10,13)14/h4-7H2,1-3H3,(H,11,12)(H2,10,13,14). The number of primary sulfonamides is 1. The number of carbonyl (C=O) groups is 1. The van der Waals surface area contributed by atoms with Crippen molar-refractivity contribution in [3.63, 3.8) is 0 Å². The average Bonchev–Trinajstić information content (AvgIpc) is 2.10. The summed E-state index contributed by atoms with van der Waals surface area (Å²) in [6.45, 7) is 5.98. The third kappa shape index (κ3) is 6.46. The molecular formula is C9H20N2O3S. The molecule has 0 unspecified atom stereocenters. The van der Waals surface area contributed by atoms with E-state index in [2.05, 4.69) is 5.32 Å². The van der Waals surface area contributed by atoms with Gasteiger partial charge in [0.1, 0.15) is 0 Å². The molecule has 0 radical (unpaired) electrons. The molecule has 0 atom stereocenters. The van der Waals surface area contributed by atoms with Gasteiger partial charge in [0.25, 0.3) is 0 Å². The van der Waals surface area contributed by atoms with Gasteiger partial charge in [0.2, 0.25) is 15.9 Å². The lowest BCUT2D eigenvalue weighted by atomic mass is 9.89. The normalized spacial score (nSPS) is 12.5. The summed E-state index contributed by atoms with van der Waals surface area (Å²) in [6, 6.07) is 0. The van der Waals surface area contributed by atoms with Crippen LogP contribution < -0.4 is 10.5 Å². The molecule has 15 heavy (non-hydrogen) atoms. The van der Waals surface area contributed by atoms with Crippen LogP contribution in [0.4, 0.5) is 0 Å². The first-order valence-electron chi connectivity index (χ1n) is 4.98. The van der Waals surface area contributed by atoms with Gasteiger partial charge >= 0.3 is 0 Å². The highest BCUT2D eigenvalue weighted by atomic mass is 32.2. The van der Waals surface area contributed by atoms with Gasteiger partial charge in [-0.15, -0.1) is 0 Å². The van der Waals surface area contributed by atoms with Crippen molar-refractivity contribution in [1.82, 2.24) is 5.32 Å². The maximum Gasteiger partial charge on any atom is 0.225 e. The molecule has 0 aromatic carbocycles. The Labute approximate surface area is 91.5 Å². The van der Waals surface area contributed by atoms with E-state index in [0.29, 0.717) is 13.0 Å². The molecule has 1 amide bonds. The van der Waals surface area contributed by atoms with Crippen LogP contribution in [0.1, 0.15) is 33.6 Å². The first kappa shape index (κ1) is 14.4. The van der Waals surface area contributed by atoms with E-state index in [1.54, 1.807) is 0 Å². The number of rotatable bonds is 6. The fraction of sp³-hybridized carbons (Fsp3) is 0.889. The van der Waals surface area contributed by atoms with E-state index >= 15 is 0 Å². The molecule has 5 nitrogen and oxygen atoms in total. The number of hydrogen-bond acceptors (Lipinski definition) is 3. The van der Waals surface area contributed by atoms with Crippen LogP contribution in [0.5, 0.6) is 0 Å². The summed E-state index contributed by atoms with van der Waals surface area (Å²) in [5.74, 6) is -0.153. The van der Waals surface area contributed by atoms with Gasteiger partial charge in [-0.1, -0.05) is 20.8 Å². The molecule has 0 fully saturated rings. The Morgan fingerprint density at radius 1 is 1.40 bits per heavy atom. The van der Waals surface area contributed by atoms with Gasteiger partial charge in [0.15, 0.2) is 0 Å². The van der Waals surface area contributed by atoms with Crippen LogP contribution in [0.15, 0.2) is 0 Å². The smallest absolute Gasteiger partial charge is 0.225 e. The van der Waals surface area contributed by atoms with Crippen LogP contribution in [0, 0.1) is 5.41 Å². The molecule has 0 spiro atoms. The summed E-state index contributed by atoms with van der Waals surface area (Å²) in [5, 5.41) is 7.51. The molecule has 3 N–H and O–H groups in total. The second-order valence-electron chi connectivity index (χ2n) is 4.21.